The first-order chi connectivity index (χ1) is 10.3. The van der Waals surface area contributed by atoms with Crippen molar-refractivity contribution in [1.82, 2.24) is 14.8 Å². The molecule has 4 rings (SSSR count). The molecule has 2 saturated carbocycles. The third-order valence-electron chi connectivity index (χ3n) is 4.24. The second kappa shape index (κ2) is 5.14. The van der Waals surface area contributed by atoms with Crippen molar-refractivity contribution >= 4 is 11.8 Å². The third-order valence-corrected chi connectivity index (χ3v) is 5.19. The molecule has 0 aliphatic heterocycles. The summed E-state index contributed by atoms with van der Waals surface area (Å²) in [5.74, 6) is 1.84. The predicted octanol–water partition coefficient (Wildman–Crippen LogP) is 3.44. The molecule has 5 heteroatoms. The van der Waals surface area contributed by atoms with Crippen LogP contribution in [-0.4, -0.2) is 19.9 Å². The molecule has 110 valence electrons. The van der Waals surface area contributed by atoms with Gasteiger partial charge in [0, 0.05) is 16.9 Å². The van der Waals surface area contributed by atoms with Crippen molar-refractivity contribution in [2.24, 2.45) is 0 Å². The summed E-state index contributed by atoms with van der Waals surface area (Å²) in [6, 6.07) is 6.80. The highest BCUT2D eigenvalue weighted by atomic mass is 32.2. The molecule has 21 heavy (non-hydrogen) atoms. The lowest BCUT2D eigenvalue weighted by Gasteiger charge is -2.09. The Labute approximate surface area is 128 Å². The van der Waals surface area contributed by atoms with Crippen molar-refractivity contribution in [3.63, 3.8) is 0 Å². The third kappa shape index (κ3) is 2.60. The number of aromatic nitrogens is 3. The molecule has 1 aromatic carbocycles. The molecule has 0 saturated heterocycles. The predicted molar refractivity (Wildman–Crippen MR) is 81.5 cm³/mol. The lowest BCUT2D eigenvalue weighted by Crippen LogP contribution is -2.01. The van der Waals surface area contributed by atoms with Gasteiger partial charge in [0.1, 0.15) is 5.82 Å². The topological polar surface area (TPSA) is 50.9 Å². The molecule has 1 aromatic heterocycles. The summed E-state index contributed by atoms with van der Waals surface area (Å²) in [6.07, 6.45) is 5.04. The molecular weight excluding hydrogens is 282 g/mol. The SMILES string of the molecule is Cc1cc(Sc2nnc(C3CC3)n2C2CC2)ccc1CO. The van der Waals surface area contributed by atoms with E-state index < -0.39 is 0 Å². The van der Waals surface area contributed by atoms with Gasteiger partial charge in [-0.15, -0.1) is 10.2 Å². The maximum absolute atomic E-state index is 9.26. The summed E-state index contributed by atoms with van der Waals surface area (Å²) >= 11 is 1.69. The monoisotopic (exact) mass is 301 g/mol. The van der Waals surface area contributed by atoms with Crippen LogP contribution in [0.4, 0.5) is 0 Å². The summed E-state index contributed by atoms with van der Waals surface area (Å²) in [5.41, 5.74) is 2.11. The normalized spacial score (nSPS) is 18.2. The molecule has 4 nitrogen and oxygen atoms in total. The highest BCUT2D eigenvalue weighted by molar-refractivity contribution is 7.99. The van der Waals surface area contributed by atoms with Crippen LogP contribution in [0.2, 0.25) is 0 Å². The Morgan fingerprint density at radius 1 is 1.24 bits per heavy atom. The van der Waals surface area contributed by atoms with Crippen molar-refractivity contribution in [2.45, 2.75) is 61.2 Å². The van der Waals surface area contributed by atoms with Crippen molar-refractivity contribution in [2.75, 3.05) is 0 Å². The van der Waals surface area contributed by atoms with Crippen LogP contribution in [0.3, 0.4) is 0 Å². The number of aliphatic hydroxyl groups excluding tert-OH is 1. The smallest absolute Gasteiger partial charge is 0.196 e. The van der Waals surface area contributed by atoms with Gasteiger partial charge in [-0.3, -0.25) is 0 Å². The molecule has 1 heterocycles. The minimum atomic E-state index is 0.0981. The van der Waals surface area contributed by atoms with E-state index in [1.807, 2.05) is 13.0 Å². The van der Waals surface area contributed by atoms with E-state index in [9.17, 15) is 5.11 Å². The van der Waals surface area contributed by atoms with Gasteiger partial charge in [0.15, 0.2) is 5.16 Å². The quantitative estimate of drug-likeness (QED) is 0.919. The lowest BCUT2D eigenvalue weighted by molar-refractivity contribution is 0.281. The fourth-order valence-corrected chi connectivity index (χ4v) is 3.67. The first-order valence-corrected chi connectivity index (χ1v) is 8.41. The Balaban J connectivity index is 1.63. The van der Waals surface area contributed by atoms with E-state index in [0.717, 1.165) is 16.3 Å². The van der Waals surface area contributed by atoms with Gasteiger partial charge < -0.3 is 9.67 Å². The van der Waals surface area contributed by atoms with Gasteiger partial charge in [-0.2, -0.15) is 0 Å². The number of hydrogen-bond donors (Lipinski definition) is 1. The van der Waals surface area contributed by atoms with Crippen LogP contribution in [0.25, 0.3) is 0 Å². The first kappa shape index (κ1) is 13.3. The number of hydrogen-bond acceptors (Lipinski definition) is 4. The van der Waals surface area contributed by atoms with Crippen LogP contribution < -0.4 is 0 Å². The van der Waals surface area contributed by atoms with E-state index in [-0.39, 0.29) is 6.61 Å². The molecule has 0 atom stereocenters. The maximum Gasteiger partial charge on any atom is 0.196 e. The van der Waals surface area contributed by atoms with Crippen LogP contribution in [0, 0.1) is 6.92 Å². The molecule has 0 radical (unpaired) electrons. The molecule has 2 aliphatic rings. The Kier molecular flexibility index (Phi) is 3.27. The van der Waals surface area contributed by atoms with Gasteiger partial charge in [-0.25, -0.2) is 0 Å². The molecule has 0 unspecified atom stereocenters. The Morgan fingerprint density at radius 3 is 2.67 bits per heavy atom. The van der Waals surface area contributed by atoms with E-state index in [0.29, 0.717) is 12.0 Å². The highest BCUT2D eigenvalue weighted by Crippen LogP contribution is 2.46. The van der Waals surface area contributed by atoms with Gasteiger partial charge in [0.25, 0.3) is 0 Å². The standard InChI is InChI=1S/C16H19N3OS/c1-10-8-14(7-4-12(10)9-20)21-16-18-17-15(11-2-3-11)19(16)13-5-6-13/h4,7-8,11,13,20H,2-3,5-6,9H2,1H3. The fourth-order valence-electron chi connectivity index (χ4n) is 2.67. The van der Waals surface area contributed by atoms with E-state index in [4.69, 9.17) is 0 Å². The summed E-state index contributed by atoms with van der Waals surface area (Å²) < 4.78 is 2.37. The number of benzene rings is 1. The highest BCUT2D eigenvalue weighted by Gasteiger charge is 2.36. The maximum atomic E-state index is 9.26. The molecule has 2 aliphatic carbocycles. The summed E-state index contributed by atoms with van der Waals surface area (Å²) in [4.78, 5) is 1.17. The zero-order valence-electron chi connectivity index (χ0n) is 12.1. The number of aliphatic hydroxyl groups is 1. The van der Waals surface area contributed by atoms with Crippen molar-refractivity contribution in [3.05, 3.63) is 35.2 Å². The first-order valence-electron chi connectivity index (χ1n) is 7.59. The van der Waals surface area contributed by atoms with Crippen molar-refractivity contribution in [3.8, 4) is 0 Å². The lowest BCUT2D eigenvalue weighted by atomic mass is 10.1. The number of aryl methyl sites for hydroxylation is 1. The van der Waals surface area contributed by atoms with Gasteiger partial charge in [0.2, 0.25) is 0 Å². The number of rotatable bonds is 5. The Hall–Kier alpha value is -1.33. The molecule has 0 spiro atoms. The molecule has 0 bridgehead atoms. The molecule has 2 fully saturated rings. The van der Waals surface area contributed by atoms with Crippen LogP contribution in [0.5, 0.6) is 0 Å². The average molecular weight is 301 g/mol. The second-order valence-corrected chi connectivity index (χ2v) is 7.11. The minimum absolute atomic E-state index is 0.0981. The van der Waals surface area contributed by atoms with Gasteiger partial charge in [-0.1, -0.05) is 6.07 Å². The van der Waals surface area contributed by atoms with E-state index in [1.54, 1.807) is 11.8 Å². The van der Waals surface area contributed by atoms with Gasteiger partial charge in [-0.05, 0) is 67.6 Å². The van der Waals surface area contributed by atoms with Crippen molar-refractivity contribution in [1.29, 1.82) is 0 Å². The van der Waals surface area contributed by atoms with E-state index in [2.05, 4.69) is 26.9 Å². The summed E-state index contributed by atoms with van der Waals surface area (Å²) in [7, 11) is 0. The molecular formula is C16H19N3OS. The fraction of sp³-hybridized carbons (Fsp3) is 0.500. The summed E-state index contributed by atoms with van der Waals surface area (Å²) in [5, 5.41) is 19.2. The van der Waals surface area contributed by atoms with Crippen LogP contribution >= 0.6 is 11.8 Å². The van der Waals surface area contributed by atoms with Gasteiger partial charge >= 0.3 is 0 Å². The molecule has 2 aromatic rings. The van der Waals surface area contributed by atoms with Crippen LogP contribution in [0.1, 0.15) is 54.6 Å². The Bertz CT molecular complexity index is 674. The zero-order valence-corrected chi connectivity index (χ0v) is 12.9. The zero-order chi connectivity index (χ0) is 14.4. The van der Waals surface area contributed by atoms with Gasteiger partial charge in [0.05, 0.1) is 6.61 Å². The molecule has 0 amide bonds. The summed E-state index contributed by atoms with van der Waals surface area (Å²) in [6.45, 7) is 2.14. The Morgan fingerprint density at radius 2 is 2.05 bits per heavy atom. The van der Waals surface area contributed by atoms with E-state index in [1.165, 1.54) is 36.4 Å². The van der Waals surface area contributed by atoms with Crippen LogP contribution in [-0.2, 0) is 6.61 Å². The minimum Gasteiger partial charge on any atom is -0.392 e. The van der Waals surface area contributed by atoms with E-state index >= 15 is 0 Å². The molecule has 1 N–H and O–H groups in total. The average Bonchev–Trinajstić information content (AvgIpc) is 3.39. The number of nitrogens with zero attached hydrogens (tertiary/aromatic N) is 3. The van der Waals surface area contributed by atoms with Crippen LogP contribution in [0.15, 0.2) is 28.3 Å². The largest absolute Gasteiger partial charge is 0.392 e. The van der Waals surface area contributed by atoms with Crippen molar-refractivity contribution < 1.29 is 5.11 Å². The second-order valence-electron chi connectivity index (χ2n) is 6.06.